The van der Waals surface area contributed by atoms with Crippen LogP contribution in [0.4, 0.5) is 0 Å². The summed E-state index contributed by atoms with van der Waals surface area (Å²) in [5.74, 6) is 3.08. The van der Waals surface area contributed by atoms with Crippen LogP contribution < -0.4 is 0 Å². The quantitative estimate of drug-likeness (QED) is 0.873. The number of hydrogen-bond donors (Lipinski definition) is 1. The highest BCUT2D eigenvalue weighted by Crippen LogP contribution is 2.45. The molecule has 0 spiro atoms. The van der Waals surface area contributed by atoms with Gasteiger partial charge in [-0.2, -0.15) is 0 Å². The van der Waals surface area contributed by atoms with E-state index in [0.717, 1.165) is 17.7 Å². The second-order valence-corrected chi connectivity index (χ2v) is 6.22. The highest BCUT2D eigenvalue weighted by atomic mass is 16.3. The van der Waals surface area contributed by atoms with E-state index in [-0.39, 0.29) is 6.10 Å². The topological polar surface area (TPSA) is 38.0 Å². The molecule has 3 nitrogen and oxygen atoms in total. The van der Waals surface area contributed by atoms with E-state index in [4.69, 9.17) is 0 Å². The number of fused-ring (bicyclic) bond motifs is 1. The highest BCUT2D eigenvalue weighted by Gasteiger charge is 2.36. The molecule has 2 aliphatic carbocycles. The lowest BCUT2D eigenvalue weighted by Gasteiger charge is -2.40. The van der Waals surface area contributed by atoms with Crippen LogP contribution in [0.5, 0.6) is 0 Å². The molecule has 2 saturated carbocycles. The Morgan fingerprint density at radius 1 is 1.22 bits per heavy atom. The minimum absolute atomic E-state index is 0.368. The van der Waals surface area contributed by atoms with Crippen LogP contribution in [0.3, 0.4) is 0 Å². The molecular weight excluding hydrogens is 224 g/mol. The summed E-state index contributed by atoms with van der Waals surface area (Å²) < 4.78 is 1.96. The molecule has 0 radical (unpaired) electrons. The van der Waals surface area contributed by atoms with Crippen LogP contribution in [0.25, 0.3) is 0 Å². The Morgan fingerprint density at radius 3 is 2.72 bits per heavy atom. The number of aliphatic hydroxyl groups excluding tert-OH is 1. The molecule has 0 bridgehead atoms. The standard InChI is InChI=1S/C15H24N2O/c1-17-9-8-16-15(17)14(18)13-7-6-11-4-2-3-5-12(11)10-13/h8-9,11-14,18H,2-7,10H2,1H3. The maximum atomic E-state index is 10.5. The van der Waals surface area contributed by atoms with Crippen molar-refractivity contribution in [2.75, 3.05) is 0 Å². The van der Waals surface area contributed by atoms with Crippen LogP contribution in [0.1, 0.15) is 56.9 Å². The predicted octanol–water partition coefficient (Wildman–Crippen LogP) is 3.06. The fourth-order valence-corrected chi connectivity index (χ4v) is 4.07. The number of aryl methyl sites for hydroxylation is 1. The van der Waals surface area contributed by atoms with E-state index in [9.17, 15) is 5.11 Å². The van der Waals surface area contributed by atoms with Gasteiger partial charge in [-0.05, 0) is 37.0 Å². The molecule has 0 saturated heterocycles. The van der Waals surface area contributed by atoms with Gasteiger partial charge in [0.05, 0.1) is 0 Å². The third kappa shape index (κ3) is 2.20. The molecule has 0 amide bonds. The second kappa shape index (κ2) is 5.04. The monoisotopic (exact) mass is 248 g/mol. The average molecular weight is 248 g/mol. The summed E-state index contributed by atoms with van der Waals surface area (Å²) in [5.41, 5.74) is 0. The van der Waals surface area contributed by atoms with Gasteiger partial charge < -0.3 is 9.67 Å². The first-order valence-electron chi connectivity index (χ1n) is 7.41. The van der Waals surface area contributed by atoms with Gasteiger partial charge in [0, 0.05) is 19.4 Å². The summed E-state index contributed by atoms with van der Waals surface area (Å²) in [6.07, 6.45) is 12.7. The fourth-order valence-electron chi connectivity index (χ4n) is 4.07. The van der Waals surface area contributed by atoms with Gasteiger partial charge in [-0.1, -0.05) is 25.7 Å². The first-order chi connectivity index (χ1) is 8.75. The molecule has 4 atom stereocenters. The first-order valence-corrected chi connectivity index (χ1v) is 7.41. The van der Waals surface area contributed by atoms with Crippen molar-refractivity contribution >= 4 is 0 Å². The minimum atomic E-state index is -0.368. The molecule has 2 aliphatic rings. The molecule has 1 aromatic heterocycles. The van der Waals surface area contributed by atoms with Gasteiger partial charge in [-0.15, -0.1) is 0 Å². The van der Waals surface area contributed by atoms with E-state index in [1.54, 1.807) is 6.20 Å². The van der Waals surface area contributed by atoms with Gasteiger partial charge in [0.25, 0.3) is 0 Å². The zero-order chi connectivity index (χ0) is 12.5. The van der Waals surface area contributed by atoms with Crippen molar-refractivity contribution < 1.29 is 5.11 Å². The summed E-state index contributed by atoms with van der Waals surface area (Å²) >= 11 is 0. The van der Waals surface area contributed by atoms with Crippen molar-refractivity contribution in [3.05, 3.63) is 18.2 Å². The second-order valence-electron chi connectivity index (χ2n) is 6.22. The zero-order valence-electron chi connectivity index (χ0n) is 11.3. The Morgan fingerprint density at radius 2 is 2.00 bits per heavy atom. The normalized spacial score (nSPS) is 34.0. The third-order valence-corrected chi connectivity index (χ3v) is 5.15. The molecule has 3 rings (SSSR count). The molecule has 2 fully saturated rings. The molecule has 1 heterocycles. The van der Waals surface area contributed by atoms with Crippen LogP contribution in [0.15, 0.2) is 12.4 Å². The molecule has 3 heteroatoms. The largest absolute Gasteiger partial charge is 0.385 e. The average Bonchev–Trinajstić information content (AvgIpc) is 2.83. The van der Waals surface area contributed by atoms with Gasteiger partial charge in [0.15, 0.2) is 0 Å². The molecule has 0 aromatic carbocycles. The van der Waals surface area contributed by atoms with Crippen LogP contribution in [0, 0.1) is 17.8 Å². The molecule has 1 aromatic rings. The van der Waals surface area contributed by atoms with Crippen molar-refractivity contribution in [1.82, 2.24) is 9.55 Å². The molecule has 1 N–H and O–H groups in total. The SMILES string of the molecule is Cn1ccnc1C(O)C1CCC2CCCCC2C1. The van der Waals surface area contributed by atoms with Gasteiger partial charge in [-0.3, -0.25) is 0 Å². The van der Waals surface area contributed by atoms with Crippen molar-refractivity contribution in [2.24, 2.45) is 24.8 Å². The first kappa shape index (κ1) is 12.2. The minimum Gasteiger partial charge on any atom is -0.385 e. The Bertz CT molecular complexity index is 401. The highest BCUT2D eigenvalue weighted by molar-refractivity contribution is 4.99. The Balaban J connectivity index is 1.68. The summed E-state index contributed by atoms with van der Waals surface area (Å²) in [6, 6.07) is 0. The number of nitrogens with zero attached hydrogens (tertiary/aromatic N) is 2. The van der Waals surface area contributed by atoms with Gasteiger partial charge in [0.1, 0.15) is 11.9 Å². The van der Waals surface area contributed by atoms with E-state index in [1.165, 1.54) is 44.9 Å². The molecule has 0 aliphatic heterocycles. The van der Waals surface area contributed by atoms with Crippen LogP contribution in [0.2, 0.25) is 0 Å². The molecular formula is C15H24N2O. The number of rotatable bonds is 2. The third-order valence-electron chi connectivity index (χ3n) is 5.15. The van der Waals surface area contributed by atoms with Crippen LogP contribution >= 0.6 is 0 Å². The Hall–Kier alpha value is -0.830. The number of imidazole rings is 1. The zero-order valence-corrected chi connectivity index (χ0v) is 11.3. The van der Waals surface area contributed by atoms with Crippen LogP contribution in [-0.2, 0) is 7.05 Å². The lowest BCUT2D eigenvalue weighted by Crippen LogP contribution is -2.31. The van der Waals surface area contributed by atoms with Crippen molar-refractivity contribution in [3.63, 3.8) is 0 Å². The van der Waals surface area contributed by atoms with Crippen molar-refractivity contribution in [1.29, 1.82) is 0 Å². The van der Waals surface area contributed by atoms with E-state index in [0.29, 0.717) is 5.92 Å². The lowest BCUT2D eigenvalue weighted by atomic mass is 9.66. The van der Waals surface area contributed by atoms with Gasteiger partial charge >= 0.3 is 0 Å². The van der Waals surface area contributed by atoms with Gasteiger partial charge in [0.2, 0.25) is 0 Å². The van der Waals surface area contributed by atoms with Crippen LogP contribution in [-0.4, -0.2) is 14.7 Å². The van der Waals surface area contributed by atoms with E-state index in [1.807, 2.05) is 17.8 Å². The number of aliphatic hydroxyl groups is 1. The van der Waals surface area contributed by atoms with Crippen molar-refractivity contribution in [2.45, 2.75) is 51.0 Å². The maximum absolute atomic E-state index is 10.5. The lowest BCUT2D eigenvalue weighted by molar-refractivity contribution is 0.0286. The number of hydrogen-bond acceptors (Lipinski definition) is 2. The maximum Gasteiger partial charge on any atom is 0.137 e. The van der Waals surface area contributed by atoms with Crippen molar-refractivity contribution in [3.8, 4) is 0 Å². The smallest absolute Gasteiger partial charge is 0.137 e. The van der Waals surface area contributed by atoms with E-state index >= 15 is 0 Å². The predicted molar refractivity (Wildman–Crippen MR) is 71.0 cm³/mol. The van der Waals surface area contributed by atoms with Gasteiger partial charge in [-0.25, -0.2) is 4.98 Å². The summed E-state index contributed by atoms with van der Waals surface area (Å²) in [5, 5.41) is 10.5. The molecule has 4 unspecified atom stereocenters. The Kier molecular flexibility index (Phi) is 3.42. The number of aromatic nitrogens is 2. The Labute approximate surface area is 109 Å². The van der Waals surface area contributed by atoms with E-state index < -0.39 is 0 Å². The molecule has 18 heavy (non-hydrogen) atoms. The fraction of sp³-hybridized carbons (Fsp3) is 0.800. The van der Waals surface area contributed by atoms with E-state index in [2.05, 4.69) is 4.98 Å². The summed E-state index contributed by atoms with van der Waals surface area (Å²) in [4.78, 5) is 4.31. The summed E-state index contributed by atoms with van der Waals surface area (Å²) in [6.45, 7) is 0. The summed E-state index contributed by atoms with van der Waals surface area (Å²) in [7, 11) is 1.97. The molecule has 100 valence electrons.